The van der Waals surface area contributed by atoms with Crippen molar-refractivity contribution >= 4 is 75.1 Å². The van der Waals surface area contributed by atoms with Gasteiger partial charge in [-0.2, -0.15) is 0 Å². The molecule has 1 fully saturated rings. The Labute approximate surface area is 187 Å². The Bertz CT molecular complexity index is 972. The van der Waals surface area contributed by atoms with Crippen molar-refractivity contribution in [1.82, 2.24) is 0 Å². The maximum absolute atomic E-state index is 12.8. The van der Waals surface area contributed by atoms with Gasteiger partial charge in [-0.15, -0.1) is 0 Å². The quantitative estimate of drug-likeness (QED) is 0.324. The fraction of sp³-hybridized carbons (Fsp3) is 0.150. The Balaban J connectivity index is 1.81. The average molecular weight is 468 g/mol. The number of halogens is 2. The summed E-state index contributed by atoms with van der Waals surface area (Å²) in [5.74, 6) is -0.565. The summed E-state index contributed by atoms with van der Waals surface area (Å²) >= 11 is 19.1. The Morgan fingerprint density at radius 2 is 1.86 bits per heavy atom. The molecule has 1 amide bonds. The summed E-state index contributed by atoms with van der Waals surface area (Å²) in [5.41, 5.74) is 1.31. The number of para-hydroxylation sites is 1. The van der Waals surface area contributed by atoms with E-state index in [-0.39, 0.29) is 34.9 Å². The molecule has 0 bridgehead atoms. The molecule has 0 radical (unpaired) electrons. The molecular weight excluding hydrogens is 453 g/mol. The predicted octanol–water partition coefficient (Wildman–Crippen LogP) is 5.34. The third kappa shape index (κ3) is 5.11. The molecule has 3 rings (SSSR count). The number of nitrogens with zero attached hydrogens (tertiary/aromatic N) is 1. The van der Waals surface area contributed by atoms with Crippen LogP contribution in [0, 0.1) is 0 Å². The summed E-state index contributed by atoms with van der Waals surface area (Å²) < 4.78 is 10.6. The lowest BCUT2D eigenvalue weighted by Crippen LogP contribution is -2.27. The number of ether oxygens (including phenoxy) is 2. The van der Waals surface area contributed by atoms with Crippen LogP contribution in [-0.4, -0.2) is 29.4 Å². The van der Waals surface area contributed by atoms with E-state index in [9.17, 15) is 9.59 Å². The molecule has 9 heteroatoms. The lowest BCUT2D eigenvalue weighted by Gasteiger charge is -2.13. The molecule has 0 aliphatic carbocycles. The summed E-state index contributed by atoms with van der Waals surface area (Å²) in [6.07, 6.45) is 1.66. The summed E-state index contributed by atoms with van der Waals surface area (Å²) in [6, 6.07) is 12.4. The molecule has 0 spiro atoms. The van der Waals surface area contributed by atoms with Crippen LogP contribution in [0.15, 0.2) is 47.4 Å². The monoisotopic (exact) mass is 467 g/mol. The lowest BCUT2D eigenvalue weighted by molar-refractivity contribution is -0.145. The van der Waals surface area contributed by atoms with Crippen molar-refractivity contribution in [2.45, 2.75) is 6.92 Å². The SMILES string of the molecule is CCOC(=O)COc1c(Cl)cc(/C=C2/SC(=S)N(c3ccccc3)C2=O)cc1Cl. The lowest BCUT2D eigenvalue weighted by atomic mass is 10.2. The minimum Gasteiger partial charge on any atom is -0.479 e. The average Bonchev–Trinajstić information content (AvgIpc) is 2.95. The number of carbonyl (C=O) groups excluding carboxylic acids is 2. The molecule has 0 N–H and O–H groups in total. The second-order valence-corrected chi connectivity index (χ2v) is 8.25. The molecule has 1 aliphatic rings. The molecule has 29 heavy (non-hydrogen) atoms. The van der Waals surface area contributed by atoms with Gasteiger partial charge in [0.2, 0.25) is 0 Å². The van der Waals surface area contributed by atoms with E-state index in [1.54, 1.807) is 25.1 Å². The fourth-order valence-corrected chi connectivity index (χ4v) is 4.47. The van der Waals surface area contributed by atoms with Gasteiger partial charge >= 0.3 is 5.97 Å². The summed E-state index contributed by atoms with van der Waals surface area (Å²) in [5, 5.41) is 0.429. The second kappa shape index (κ2) is 9.63. The second-order valence-electron chi connectivity index (χ2n) is 5.76. The number of amides is 1. The molecule has 0 saturated carbocycles. The number of hydrogen-bond donors (Lipinski definition) is 0. The summed E-state index contributed by atoms with van der Waals surface area (Å²) in [4.78, 5) is 26.2. The highest BCUT2D eigenvalue weighted by atomic mass is 35.5. The number of rotatable bonds is 6. The molecular formula is C20H15Cl2NO4S2. The van der Waals surface area contributed by atoms with Gasteiger partial charge in [-0.25, -0.2) is 4.79 Å². The predicted molar refractivity (Wildman–Crippen MR) is 121 cm³/mol. The van der Waals surface area contributed by atoms with Crippen molar-refractivity contribution in [2.24, 2.45) is 0 Å². The first-order valence-electron chi connectivity index (χ1n) is 8.51. The van der Waals surface area contributed by atoms with Crippen LogP contribution in [0.1, 0.15) is 12.5 Å². The highest BCUT2D eigenvalue weighted by Gasteiger charge is 2.33. The Kier molecular flexibility index (Phi) is 7.18. The minimum absolute atomic E-state index is 0.176. The first-order valence-corrected chi connectivity index (χ1v) is 10.5. The van der Waals surface area contributed by atoms with Crippen LogP contribution >= 0.6 is 47.2 Å². The third-order valence-electron chi connectivity index (χ3n) is 3.77. The van der Waals surface area contributed by atoms with Crippen LogP contribution in [0.25, 0.3) is 6.08 Å². The maximum atomic E-state index is 12.8. The van der Waals surface area contributed by atoms with Gasteiger partial charge in [0.15, 0.2) is 16.7 Å². The van der Waals surface area contributed by atoms with E-state index in [0.29, 0.717) is 20.5 Å². The largest absolute Gasteiger partial charge is 0.479 e. The minimum atomic E-state index is -0.520. The van der Waals surface area contributed by atoms with Crippen LogP contribution in [-0.2, 0) is 14.3 Å². The zero-order chi connectivity index (χ0) is 21.0. The third-order valence-corrected chi connectivity index (χ3v) is 5.63. The van der Waals surface area contributed by atoms with Crippen molar-refractivity contribution in [3.05, 3.63) is 63.0 Å². The van der Waals surface area contributed by atoms with Gasteiger partial charge in [-0.1, -0.05) is 65.4 Å². The van der Waals surface area contributed by atoms with Crippen LogP contribution in [0.4, 0.5) is 5.69 Å². The van der Waals surface area contributed by atoms with Crippen LogP contribution in [0.2, 0.25) is 10.0 Å². The molecule has 2 aromatic carbocycles. The highest BCUT2D eigenvalue weighted by molar-refractivity contribution is 8.27. The highest BCUT2D eigenvalue weighted by Crippen LogP contribution is 2.38. The van der Waals surface area contributed by atoms with E-state index in [2.05, 4.69) is 0 Å². The number of thioether (sulfide) groups is 1. The van der Waals surface area contributed by atoms with Crippen molar-refractivity contribution in [3.8, 4) is 5.75 Å². The Morgan fingerprint density at radius 1 is 1.21 bits per heavy atom. The van der Waals surface area contributed by atoms with Crippen LogP contribution in [0.5, 0.6) is 5.75 Å². The number of esters is 1. The first-order chi connectivity index (χ1) is 13.9. The van der Waals surface area contributed by atoms with Crippen LogP contribution < -0.4 is 9.64 Å². The van der Waals surface area contributed by atoms with Gasteiger partial charge in [-0.05, 0) is 42.8 Å². The van der Waals surface area contributed by atoms with Crippen molar-refractivity contribution < 1.29 is 19.1 Å². The molecule has 0 unspecified atom stereocenters. The molecule has 1 heterocycles. The smallest absolute Gasteiger partial charge is 0.344 e. The van der Waals surface area contributed by atoms with E-state index in [1.165, 1.54) is 16.7 Å². The molecule has 0 atom stereocenters. The zero-order valence-electron chi connectivity index (χ0n) is 15.2. The van der Waals surface area contributed by atoms with Gasteiger partial charge in [0.25, 0.3) is 5.91 Å². The van der Waals surface area contributed by atoms with Gasteiger partial charge < -0.3 is 9.47 Å². The van der Waals surface area contributed by atoms with E-state index < -0.39 is 5.97 Å². The molecule has 5 nitrogen and oxygen atoms in total. The van der Waals surface area contributed by atoms with Gasteiger partial charge in [-0.3, -0.25) is 9.69 Å². The Hall–Kier alpha value is -2.06. The Morgan fingerprint density at radius 3 is 2.48 bits per heavy atom. The van der Waals surface area contributed by atoms with Gasteiger partial charge in [0.05, 0.1) is 27.2 Å². The first kappa shape index (κ1) is 21.6. The van der Waals surface area contributed by atoms with Gasteiger partial charge in [0, 0.05) is 0 Å². The zero-order valence-corrected chi connectivity index (χ0v) is 18.3. The van der Waals surface area contributed by atoms with E-state index in [0.717, 1.165) is 0 Å². The van der Waals surface area contributed by atoms with E-state index >= 15 is 0 Å². The summed E-state index contributed by atoms with van der Waals surface area (Å²) in [7, 11) is 0. The number of thiocarbonyl (C=S) groups is 1. The normalized spacial score (nSPS) is 15.1. The fourth-order valence-electron chi connectivity index (χ4n) is 2.55. The number of benzene rings is 2. The van der Waals surface area contributed by atoms with E-state index in [4.69, 9.17) is 44.9 Å². The number of carbonyl (C=O) groups is 2. The van der Waals surface area contributed by atoms with E-state index in [1.807, 2.05) is 30.3 Å². The van der Waals surface area contributed by atoms with Crippen molar-refractivity contribution in [2.75, 3.05) is 18.1 Å². The number of hydrogen-bond acceptors (Lipinski definition) is 6. The molecule has 2 aromatic rings. The van der Waals surface area contributed by atoms with Crippen molar-refractivity contribution in [1.29, 1.82) is 0 Å². The molecule has 0 aromatic heterocycles. The van der Waals surface area contributed by atoms with Crippen molar-refractivity contribution in [3.63, 3.8) is 0 Å². The summed E-state index contributed by atoms with van der Waals surface area (Å²) in [6.45, 7) is 1.65. The van der Waals surface area contributed by atoms with Gasteiger partial charge in [0.1, 0.15) is 0 Å². The number of anilines is 1. The topological polar surface area (TPSA) is 55.8 Å². The maximum Gasteiger partial charge on any atom is 0.344 e. The molecule has 1 aliphatic heterocycles. The standard InChI is InChI=1S/C20H15Cl2NO4S2/c1-2-26-17(24)11-27-18-14(21)8-12(9-15(18)22)10-16-19(25)23(20(28)29-16)13-6-4-3-5-7-13/h3-10H,2,11H2,1H3/b16-10+. The molecule has 1 saturated heterocycles. The van der Waals surface area contributed by atoms with Crippen LogP contribution in [0.3, 0.4) is 0 Å². The molecule has 150 valence electrons.